The summed E-state index contributed by atoms with van der Waals surface area (Å²) in [5, 5.41) is 12.3. The van der Waals surface area contributed by atoms with Gasteiger partial charge in [0.2, 0.25) is 0 Å². The molecule has 16 heavy (non-hydrogen) atoms. The number of aromatic nitrogens is 3. The molecular weight excluding hydrogens is 204 g/mol. The number of aromatic hydroxyl groups is 1. The van der Waals surface area contributed by atoms with Gasteiger partial charge in [-0.05, 0) is 12.1 Å². The first kappa shape index (κ1) is 10.6. The number of nitrogens with zero attached hydrogens (tertiary/aromatic N) is 2. The van der Waals surface area contributed by atoms with Crippen LogP contribution in [0.4, 0.5) is 0 Å². The van der Waals surface area contributed by atoms with Gasteiger partial charge in [0.15, 0.2) is 0 Å². The average molecular weight is 218 g/mol. The van der Waals surface area contributed by atoms with Crippen molar-refractivity contribution in [2.24, 2.45) is 0 Å². The second-order valence-corrected chi connectivity index (χ2v) is 3.47. The highest BCUT2D eigenvalue weighted by molar-refractivity contribution is 5.17. The first-order valence-electron chi connectivity index (χ1n) is 5.17. The smallest absolute Gasteiger partial charge is 0.133 e. The summed E-state index contributed by atoms with van der Waals surface area (Å²) in [6, 6.07) is 3.44. The molecule has 5 heteroatoms. The summed E-state index contributed by atoms with van der Waals surface area (Å²) in [7, 11) is 0. The lowest BCUT2D eigenvalue weighted by molar-refractivity contribution is 0.471. The summed E-state index contributed by atoms with van der Waals surface area (Å²) in [4.78, 5) is 11.2. The minimum atomic E-state index is 0.194. The number of pyridine rings is 1. The van der Waals surface area contributed by atoms with Crippen LogP contribution in [0, 0.1) is 0 Å². The predicted octanol–water partition coefficient (Wildman–Crippen LogP) is 0.843. The molecule has 0 unspecified atom stereocenters. The van der Waals surface area contributed by atoms with Gasteiger partial charge in [0.05, 0.1) is 11.9 Å². The number of nitrogens with one attached hydrogen (secondary N) is 2. The molecule has 0 fully saturated rings. The first-order valence-corrected chi connectivity index (χ1v) is 5.17. The fraction of sp³-hybridized carbons (Fsp3) is 0.273. The van der Waals surface area contributed by atoms with E-state index in [0.717, 1.165) is 24.5 Å². The van der Waals surface area contributed by atoms with Crippen LogP contribution in [0.3, 0.4) is 0 Å². The molecule has 2 rings (SSSR count). The van der Waals surface area contributed by atoms with Crippen LogP contribution in [-0.2, 0) is 13.0 Å². The molecule has 0 aliphatic heterocycles. The fourth-order valence-electron chi connectivity index (χ4n) is 1.38. The predicted molar refractivity (Wildman–Crippen MR) is 59.9 cm³/mol. The van der Waals surface area contributed by atoms with E-state index >= 15 is 0 Å². The Morgan fingerprint density at radius 2 is 2.25 bits per heavy atom. The molecule has 84 valence electrons. The van der Waals surface area contributed by atoms with Crippen molar-refractivity contribution in [2.45, 2.75) is 13.0 Å². The lowest BCUT2D eigenvalue weighted by atomic mass is 10.3. The van der Waals surface area contributed by atoms with Crippen LogP contribution in [0.1, 0.15) is 11.5 Å². The lowest BCUT2D eigenvalue weighted by Crippen LogP contribution is -2.17. The van der Waals surface area contributed by atoms with Crippen LogP contribution < -0.4 is 5.32 Å². The third-order valence-corrected chi connectivity index (χ3v) is 2.21. The number of imidazole rings is 1. The SMILES string of the molecule is Oc1ccc(CNCCc2ncc[nH]2)nc1. The molecule has 0 atom stereocenters. The average Bonchev–Trinajstić information content (AvgIpc) is 2.80. The Kier molecular flexibility index (Phi) is 3.50. The van der Waals surface area contributed by atoms with Gasteiger partial charge in [0.1, 0.15) is 11.6 Å². The summed E-state index contributed by atoms with van der Waals surface area (Å²) in [5.41, 5.74) is 0.914. The maximum atomic E-state index is 9.06. The molecule has 3 N–H and O–H groups in total. The van der Waals surface area contributed by atoms with Gasteiger partial charge in [-0.15, -0.1) is 0 Å². The Hall–Kier alpha value is -1.88. The molecule has 0 saturated heterocycles. The van der Waals surface area contributed by atoms with E-state index in [1.807, 2.05) is 6.20 Å². The molecule has 5 nitrogen and oxygen atoms in total. The van der Waals surface area contributed by atoms with Crippen molar-refractivity contribution in [3.8, 4) is 5.75 Å². The van der Waals surface area contributed by atoms with Gasteiger partial charge in [-0.2, -0.15) is 0 Å². The van der Waals surface area contributed by atoms with Crippen molar-refractivity contribution in [1.82, 2.24) is 20.3 Å². The third-order valence-electron chi connectivity index (χ3n) is 2.21. The molecule has 2 aromatic heterocycles. The lowest BCUT2D eigenvalue weighted by Gasteiger charge is -2.02. The largest absolute Gasteiger partial charge is 0.506 e. The monoisotopic (exact) mass is 218 g/mol. The molecule has 0 bridgehead atoms. The summed E-state index contributed by atoms with van der Waals surface area (Å²) in [5.74, 6) is 1.17. The molecule has 0 aliphatic rings. The van der Waals surface area contributed by atoms with Gasteiger partial charge in [0, 0.05) is 31.9 Å². The van der Waals surface area contributed by atoms with Crippen LogP contribution >= 0.6 is 0 Å². The second-order valence-electron chi connectivity index (χ2n) is 3.47. The normalized spacial score (nSPS) is 10.5. The molecule has 0 aromatic carbocycles. The minimum Gasteiger partial charge on any atom is -0.506 e. The minimum absolute atomic E-state index is 0.194. The van der Waals surface area contributed by atoms with Gasteiger partial charge in [-0.1, -0.05) is 0 Å². The van der Waals surface area contributed by atoms with Gasteiger partial charge >= 0.3 is 0 Å². The number of hydrogen-bond donors (Lipinski definition) is 3. The molecule has 0 spiro atoms. The Labute approximate surface area is 93.6 Å². The quantitative estimate of drug-likeness (QED) is 0.650. The van der Waals surface area contributed by atoms with Gasteiger partial charge in [-0.3, -0.25) is 4.98 Å². The van der Waals surface area contributed by atoms with E-state index in [4.69, 9.17) is 5.11 Å². The topological polar surface area (TPSA) is 73.8 Å². The van der Waals surface area contributed by atoms with Gasteiger partial charge in [-0.25, -0.2) is 4.98 Å². The van der Waals surface area contributed by atoms with Crippen LogP contribution in [0.5, 0.6) is 5.75 Å². The number of H-pyrrole nitrogens is 1. The zero-order valence-corrected chi connectivity index (χ0v) is 8.85. The number of hydrogen-bond acceptors (Lipinski definition) is 4. The highest BCUT2D eigenvalue weighted by atomic mass is 16.3. The Morgan fingerprint density at radius 1 is 1.31 bits per heavy atom. The van der Waals surface area contributed by atoms with E-state index in [9.17, 15) is 0 Å². The van der Waals surface area contributed by atoms with Crippen molar-refractivity contribution in [1.29, 1.82) is 0 Å². The summed E-state index contributed by atoms with van der Waals surface area (Å²) < 4.78 is 0. The van der Waals surface area contributed by atoms with Crippen LogP contribution in [-0.4, -0.2) is 26.6 Å². The summed E-state index contributed by atoms with van der Waals surface area (Å²) in [6.45, 7) is 1.54. The standard InChI is InChI=1S/C11H14N4O/c16-10-2-1-9(15-8-10)7-12-4-3-11-13-5-6-14-11/h1-2,5-6,8,12,16H,3-4,7H2,(H,13,14). The zero-order valence-electron chi connectivity index (χ0n) is 8.85. The maximum absolute atomic E-state index is 9.06. The molecular formula is C11H14N4O. The van der Waals surface area contributed by atoms with Gasteiger partial charge in [0.25, 0.3) is 0 Å². The molecule has 0 aliphatic carbocycles. The van der Waals surface area contributed by atoms with Crippen molar-refractivity contribution in [2.75, 3.05) is 6.54 Å². The highest BCUT2D eigenvalue weighted by Crippen LogP contribution is 2.05. The Morgan fingerprint density at radius 3 is 2.94 bits per heavy atom. The van der Waals surface area contributed by atoms with E-state index < -0.39 is 0 Å². The molecule has 0 radical (unpaired) electrons. The Bertz CT molecular complexity index is 410. The van der Waals surface area contributed by atoms with E-state index in [1.54, 1.807) is 18.3 Å². The van der Waals surface area contributed by atoms with Crippen molar-refractivity contribution < 1.29 is 5.11 Å². The van der Waals surface area contributed by atoms with Crippen LogP contribution in [0.2, 0.25) is 0 Å². The highest BCUT2D eigenvalue weighted by Gasteiger charge is 1.96. The third kappa shape index (κ3) is 3.06. The Balaban J connectivity index is 1.70. The molecule has 0 amide bonds. The fourth-order valence-corrected chi connectivity index (χ4v) is 1.38. The van der Waals surface area contributed by atoms with Crippen molar-refractivity contribution in [3.05, 3.63) is 42.2 Å². The van der Waals surface area contributed by atoms with Crippen molar-refractivity contribution >= 4 is 0 Å². The molecule has 0 saturated carbocycles. The number of rotatable bonds is 5. The molecule has 2 heterocycles. The van der Waals surface area contributed by atoms with E-state index in [2.05, 4.69) is 20.3 Å². The first-order chi connectivity index (χ1) is 7.84. The van der Waals surface area contributed by atoms with E-state index in [0.29, 0.717) is 6.54 Å². The number of aromatic amines is 1. The second kappa shape index (κ2) is 5.27. The van der Waals surface area contributed by atoms with E-state index in [-0.39, 0.29) is 5.75 Å². The zero-order chi connectivity index (χ0) is 11.2. The van der Waals surface area contributed by atoms with Crippen LogP contribution in [0.15, 0.2) is 30.7 Å². The van der Waals surface area contributed by atoms with Crippen LogP contribution in [0.25, 0.3) is 0 Å². The summed E-state index contributed by atoms with van der Waals surface area (Å²) in [6.07, 6.45) is 5.88. The summed E-state index contributed by atoms with van der Waals surface area (Å²) >= 11 is 0. The van der Waals surface area contributed by atoms with Gasteiger partial charge < -0.3 is 15.4 Å². The van der Waals surface area contributed by atoms with E-state index in [1.165, 1.54) is 6.20 Å². The maximum Gasteiger partial charge on any atom is 0.133 e. The van der Waals surface area contributed by atoms with Crippen molar-refractivity contribution in [3.63, 3.8) is 0 Å². The molecule has 2 aromatic rings.